The fraction of sp³-hybridized carbons (Fsp3) is 0.143. The highest BCUT2D eigenvalue weighted by molar-refractivity contribution is 5.51. The molecule has 0 aliphatic heterocycles. The minimum absolute atomic E-state index is 0.276. The summed E-state index contributed by atoms with van der Waals surface area (Å²) in [5, 5.41) is 0. The first kappa shape index (κ1) is 12.2. The van der Waals surface area contributed by atoms with Crippen LogP contribution in [0.4, 0.5) is 10.1 Å². The van der Waals surface area contributed by atoms with E-state index in [2.05, 4.69) is 0 Å². The van der Waals surface area contributed by atoms with Crippen LogP contribution in [0.15, 0.2) is 42.5 Å². The Morgan fingerprint density at radius 3 is 2.67 bits per heavy atom. The monoisotopic (exact) mass is 247 g/mol. The van der Waals surface area contributed by atoms with Crippen LogP contribution in [0.1, 0.15) is 5.56 Å². The Kier molecular flexibility index (Phi) is 3.67. The summed E-state index contributed by atoms with van der Waals surface area (Å²) in [6.07, 6.45) is 0. The normalized spacial score (nSPS) is 10.1. The molecule has 0 aromatic heterocycles. The maximum Gasteiger partial charge on any atom is 0.162 e. The summed E-state index contributed by atoms with van der Waals surface area (Å²) < 4.78 is 23.7. The first-order chi connectivity index (χ1) is 8.69. The van der Waals surface area contributed by atoms with Crippen LogP contribution in [0.25, 0.3) is 0 Å². The van der Waals surface area contributed by atoms with Crippen LogP contribution < -0.4 is 15.2 Å². The minimum Gasteiger partial charge on any atom is -0.493 e. The first-order valence-corrected chi connectivity index (χ1v) is 5.50. The summed E-state index contributed by atoms with van der Waals surface area (Å²) >= 11 is 0. The fourth-order valence-electron chi connectivity index (χ4n) is 1.59. The number of hydrogen-bond acceptors (Lipinski definition) is 3. The standard InChI is InChI=1S/C14H14FNO2/c1-17-14-8-12(16)5-6-13(14)18-9-10-3-2-4-11(15)7-10/h2-8H,9,16H2,1H3. The van der Waals surface area contributed by atoms with Gasteiger partial charge in [0, 0.05) is 11.8 Å². The molecular weight excluding hydrogens is 233 g/mol. The van der Waals surface area contributed by atoms with E-state index in [0.717, 1.165) is 5.56 Å². The lowest BCUT2D eigenvalue weighted by atomic mass is 10.2. The zero-order valence-electron chi connectivity index (χ0n) is 10.0. The number of anilines is 1. The van der Waals surface area contributed by atoms with E-state index < -0.39 is 0 Å². The largest absolute Gasteiger partial charge is 0.493 e. The lowest BCUT2D eigenvalue weighted by molar-refractivity contribution is 0.284. The lowest BCUT2D eigenvalue weighted by Gasteiger charge is -2.11. The molecule has 4 heteroatoms. The van der Waals surface area contributed by atoms with Gasteiger partial charge in [0.15, 0.2) is 11.5 Å². The van der Waals surface area contributed by atoms with Gasteiger partial charge in [-0.05, 0) is 29.8 Å². The van der Waals surface area contributed by atoms with Crippen LogP contribution in [0.5, 0.6) is 11.5 Å². The molecule has 0 spiro atoms. The molecule has 2 aromatic carbocycles. The number of rotatable bonds is 4. The highest BCUT2D eigenvalue weighted by atomic mass is 19.1. The Hall–Kier alpha value is -2.23. The number of nitrogens with two attached hydrogens (primary N) is 1. The maximum absolute atomic E-state index is 13.0. The third kappa shape index (κ3) is 2.91. The molecule has 0 heterocycles. The van der Waals surface area contributed by atoms with Gasteiger partial charge in [-0.15, -0.1) is 0 Å². The predicted octanol–water partition coefficient (Wildman–Crippen LogP) is 3.00. The van der Waals surface area contributed by atoms with E-state index in [1.807, 2.05) is 0 Å². The summed E-state index contributed by atoms with van der Waals surface area (Å²) in [7, 11) is 1.55. The second-order valence-electron chi connectivity index (χ2n) is 3.83. The van der Waals surface area contributed by atoms with Crippen molar-refractivity contribution in [3.8, 4) is 11.5 Å². The molecular formula is C14H14FNO2. The van der Waals surface area contributed by atoms with E-state index in [4.69, 9.17) is 15.2 Å². The summed E-state index contributed by atoms with van der Waals surface area (Å²) in [4.78, 5) is 0. The highest BCUT2D eigenvalue weighted by Crippen LogP contribution is 2.29. The Bertz CT molecular complexity index is 543. The van der Waals surface area contributed by atoms with Crippen LogP contribution in [0.3, 0.4) is 0 Å². The van der Waals surface area contributed by atoms with Crippen molar-refractivity contribution in [2.24, 2.45) is 0 Å². The number of halogens is 1. The molecule has 0 aliphatic rings. The van der Waals surface area contributed by atoms with Gasteiger partial charge in [-0.25, -0.2) is 4.39 Å². The van der Waals surface area contributed by atoms with Gasteiger partial charge >= 0.3 is 0 Å². The van der Waals surface area contributed by atoms with E-state index in [-0.39, 0.29) is 12.4 Å². The Morgan fingerprint density at radius 2 is 1.94 bits per heavy atom. The molecule has 0 amide bonds. The van der Waals surface area contributed by atoms with Gasteiger partial charge in [-0.3, -0.25) is 0 Å². The van der Waals surface area contributed by atoms with Crippen molar-refractivity contribution in [3.63, 3.8) is 0 Å². The number of benzene rings is 2. The molecule has 2 rings (SSSR count). The summed E-state index contributed by atoms with van der Waals surface area (Å²) in [5.74, 6) is 0.864. The molecule has 3 nitrogen and oxygen atoms in total. The van der Waals surface area contributed by atoms with Gasteiger partial charge in [-0.2, -0.15) is 0 Å². The van der Waals surface area contributed by atoms with Gasteiger partial charge in [0.25, 0.3) is 0 Å². The average molecular weight is 247 g/mol. The second kappa shape index (κ2) is 5.40. The van der Waals surface area contributed by atoms with Gasteiger partial charge in [-0.1, -0.05) is 12.1 Å². The van der Waals surface area contributed by atoms with Crippen LogP contribution in [-0.2, 0) is 6.61 Å². The van der Waals surface area contributed by atoms with Crippen molar-refractivity contribution in [2.45, 2.75) is 6.61 Å². The second-order valence-corrected chi connectivity index (χ2v) is 3.83. The molecule has 0 unspecified atom stereocenters. The Morgan fingerprint density at radius 1 is 1.11 bits per heavy atom. The molecule has 0 aliphatic carbocycles. The minimum atomic E-state index is -0.277. The van der Waals surface area contributed by atoms with Crippen molar-refractivity contribution >= 4 is 5.69 Å². The van der Waals surface area contributed by atoms with Gasteiger partial charge in [0.1, 0.15) is 12.4 Å². The van der Waals surface area contributed by atoms with Crippen LogP contribution in [0, 0.1) is 5.82 Å². The van der Waals surface area contributed by atoms with Crippen molar-refractivity contribution < 1.29 is 13.9 Å². The van der Waals surface area contributed by atoms with E-state index in [1.165, 1.54) is 12.1 Å². The zero-order chi connectivity index (χ0) is 13.0. The highest BCUT2D eigenvalue weighted by Gasteiger charge is 2.05. The molecule has 94 valence electrons. The molecule has 2 aromatic rings. The summed E-state index contributed by atoms with van der Waals surface area (Å²) in [5.41, 5.74) is 7.01. The quantitative estimate of drug-likeness (QED) is 0.845. The smallest absolute Gasteiger partial charge is 0.162 e. The third-order valence-electron chi connectivity index (χ3n) is 2.47. The topological polar surface area (TPSA) is 44.5 Å². The fourth-order valence-corrected chi connectivity index (χ4v) is 1.59. The third-order valence-corrected chi connectivity index (χ3v) is 2.47. The van der Waals surface area contributed by atoms with Crippen molar-refractivity contribution in [3.05, 3.63) is 53.8 Å². The van der Waals surface area contributed by atoms with Crippen molar-refractivity contribution in [1.29, 1.82) is 0 Å². The molecule has 0 atom stereocenters. The number of nitrogen functional groups attached to an aromatic ring is 1. The number of ether oxygens (including phenoxy) is 2. The van der Waals surface area contributed by atoms with E-state index >= 15 is 0 Å². The molecule has 0 fully saturated rings. The number of methoxy groups -OCH3 is 1. The average Bonchev–Trinajstić information content (AvgIpc) is 2.37. The summed E-state index contributed by atoms with van der Waals surface area (Å²) in [6, 6.07) is 11.4. The van der Waals surface area contributed by atoms with E-state index in [1.54, 1.807) is 37.4 Å². The lowest BCUT2D eigenvalue weighted by Crippen LogP contribution is -1.98. The first-order valence-electron chi connectivity index (χ1n) is 5.50. The Balaban J connectivity index is 2.10. The van der Waals surface area contributed by atoms with Crippen molar-refractivity contribution in [1.82, 2.24) is 0 Å². The van der Waals surface area contributed by atoms with Gasteiger partial charge < -0.3 is 15.2 Å². The van der Waals surface area contributed by atoms with Crippen LogP contribution in [0.2, 0.25) is 0 Å². The van der Waals surface area contributed by atoms with Gasteiger partial charge in [0.2, 0.25) is 0 Å². The molecule has 0 bridgehead atoms. The molecule has 0 saturated heterocycles. The zero-order valence-corrected chi connectivity index (χ0v) is 10.0. The van der Waals surface area contributed by atoms with Crippen LogP contribution in [-0.4, -0.2) is 7.11 Å². The molecule has 0 saturated carbocycles. The molecule has 0 radical (unpaired) electrons. The summed E-state index contributed by atoms with van der Waals surface area (Å²) in [6.45, 7) is 0.276. The number of hydrogen-bond donors (Lipinski definition) is 1. The molecule has 2 N–H and O–H groups in total. The van der Waals surface area contributed by atoms with Crippen LogP contribution >= 0.6 is 0 Å². The van der Waals surface area contributed by atoms with E-state index in [9.17, 15) is 4.39 Å². The maximum atomic E-state index is 13.0. The van der Waals surface area contributed by atoms with E-state index in [0.29, 0.717) is 17.2 Å². The van der Waals surface area contributed by atoms with Gasteiger partial charge in [0.05, 0.1) is 7.11 Å². The Labute approximate surface area is 105 Å². The molecule has 18 heavy (non-hydrogen) atoms. The predicted molar refractivity (Wildman–Crippen MR) is 68.1 cm³/mol. The van der Waals surface area contributed by atoms with Crippen molar-refractivity contribution in [2.75, 3.05) is 12.8 Å². The SMILES string of the molecule is COc1cc(N)ccc1OCc1cccc(F)c1.